The van der Waals surface area contributed by atoms with Crippen LogP contribution in [0.3, 0.4) is 0 Å². The predicted octanol–water partition coefficient (Wildman–Crippen LogP) is 4.41. The van der Waals surface area contributed by atoms with Crippen molar-refractivity contribution in [2.45, 2.75) is 40.7 Å². The summed E-state index contributed by atoms with van der Waals surface area (Å²) in [4.78, 5) is 17.3. The van der Waals surface area contributed by atoms with E-state index in [1.807, 2.05) is 36.7 Å². The van der Waals surface area contributed by atoms with Crippen LogP contribution in [0.5, 0.6) is 0 Å². The summed E-state index contributed by atoms with van der Waals surface area (Å²) in [5.41, 5.74) is 5.46. The van der Waals surface area contributed by atoms with Gasteiger partial charge in [0.2, 0.25) is 5.96 Å². The lowest BCUT2D eigenvalue weighted by Gasteiger charge is -2.12. The number of carbonyl (C=O) groups excluding carboxylic acids is 1. The Hall–Kier alpha value is -3.48. The van der Waals surface area contributed by atoms with E-state index in [2.05, 4.69) is 34.6 Å². The molecule has 0 spiro atoms. The number of hydrogen-bond acceptors (Lipinski definition) is 3. The van der Waals surface area contributed by atoms with Crippen molar-refractivity contribution in [1.82, 2.24) is 15.1 Å². The number of nitrogens with zero attached hydrogens (tertiary/aromatic N) is 3. The molecule has 1 aromatic heterocycles. The molecule has 1 heterocycles. The molecule has 0 fully saturated rings. The third kappa shape index (κ3) is 5.78. The minimum atomic E-state index is -0.327. The van der Waals surface area contributed by atoms with Crippen LogP contribution in [0.4, 0.5) is 10.1 Å². The van der Waals surface area contributed by atoms with Crippen molar-refractivity contribution >= 4 is 17.6 Å². The molecule has 2 N–H and O–H groups in total. The number of benzene rings is 2. The number of rotatable bonds is 6. The van der Waals surface area contributed by atoms with Crippen molar-refractivity contribution in [3.8, 4) is 0 Å². The first kappa shape index (κ1) is 22.2. The Labute approximate surface area is 182 Å². The summed E-state index contributed by atoms with van der Waals surface area (Å²) < 4.78 is 15.2. The second-order valence-electron chi connectivity index (χ2n) is 7.40. The highest BCUT2D eigenvalue weighted by atomic mass is 19.1. The quantitative estimate of drug-likeness (QED) is 0.458. The second-order valence-corrected chi connectivity index (χ2v) is 7.40. The Kier molecular flexibility index (Phi) is 7.18. The van der Waals surface area contributed by atoms with Gasteiger partial charge in [0.15, 0.2) is 0 Å². The van der Waals surface area contributed by atoms with E-state index in [9.17, 15) is 9.18 Å². The van der Waals surface area contributed by atoms with E-state index >= 15 is 0 Å². The van der Waals surface area contributed by atoms with Crippen LogP contribution in [-0.4, -0.2) is 28.2 Å². The fraction of sp³-hybridized carbons (Fsp3) is 0.292. The van der Waals surface area contributed by atoms with Crippen LogP contribution < -0.4 is 10.6 Å². The van der Waals surface area contributed by atoms with Crippen LogP contribution >= 0.6 is 0 Å². The van der Waals surface area contributed by atoms with Gasteiger partial charge in [-0.2, -0.15) is 5.10 Å². The van der Waals surface area contributed by atoms with Crippen molar-refractivity contribution < 1.29 is 9.18 Å². The normalized spacial score (nSPS) is 11.5. The third-order valence-electron chi connectivity index (χ3n) is 5.08. The standard InChI is InChI=1S/C24H28FN5O/c1-5-30-18(4)22(17(3)29-30)13-14-26-24(27-21-11-9-20(25)10-12-21)28-23(31)19-8-6-7-16(2)15-19/h6-12,15H,5,13-14H2,1-4H3,(H2,26,27,28,31). The van der Waals surface area contributed by atoms with E-state index in [1.54, 1.807) is 18.2 Å². The molecule has 162 valence electrons. The zero-order chi connectivity index (χ0) is 22.4. The first-order valence-corrected chi connectivity index (χ1v) is 10.3. The molecule has 7 heteroatoms. The molecular formula is C24H28FN5O. The molecule has 6 nitrogen and oxygen atoms in total. The number of halogens is 1. The topological polar surface area (TPSA) is 71.3 Å². The van der Waals surface area contributed by atoms with Gasteiger partial charge >= 0.3 is 0 Å². The molecule has 0 aliphatic carbocycles. The van der Waals surface area contributed by atoms with Gasteiger partial charge in [0.25, 0.3) is 5.91 Å². The SMILES string of the molecule is CCn1nc(C)c(CCN=C(NC(=O)c2cccc(C)c2)Nc2ccc(F)cc2)c1C. The number of hydrogen-bond donors (Lipinski definition) is 2. The van der Waals surface area contributed by atoms with Gasteiger partial charge in [-0.3, -0.25) is 19.8 Å². The van der Waals surface area contributed by atoms with Crippen molar-refractivity contribution in [3.05, 3.63) is 82.4 Å². The highest BCUT2D eigenvalue weighted by Crippen LogP contribution is 2.14. The fourth-order valence-electron chi connectivity index (χ4n) is 3.43. The Morgan fingerprint density at radius 1 is 1.13 bits per heavy atom. The minimum absolute atomic E-state index is 0.261. The molecule has 31 heavy (non-hydrogen) atoms. The number of carbonyl (C=O) groups is 1. The van der Waals surface area contributed by atoms with Gasteiger partial charge in [-0.1, -0.05) is 17.7 Å². The molecule has 0 bridgehead atoms. The number of anilines is 1. The lowest BCUT2D eigenvalue weighted by atomic mass is 10.1. The monoisotopic (exact) mass is 421 g/mol. The number of guanidine groups is 1. The largest absolute Gasteiger partial charge is 0.326 e. The summed E-state index contributed by atoms with van der Waals surface area (Å²) in [5, 5.41) is 10.5. The molecule has 0 radical (unpaired) electrons. The summed E-state index contributed by atoms with van der Waals surface area (Å²) in [6, 6.07) is 13.3. The van der Waals surface area contributed by atoms with E-state index in [1.165, 1.54) is 12.1 Å². The van der Waals surface area contributed by atoms with Crippen LogP contribution in [0, 0.1) is 26.6 Å². The summed E-state index contributed by atoms with van der Waals surface area (Å²) in [6.07, 6.45) is 0.701. The maximum Gasteiger partial charge on any atom is 0.257 e. The number of nitrogens with one attached hydrogen (secondary N) is 2. The molecule has 0 atom stereocenters. The molecule has 3 rings (SSSR count). The van der Waals surface area contributed by atoms with Gasteiger partial charge in [-0.15, -0.1) is 0 Å². The lowest BCUT2D eigenvalue weighted by molar-refractivity contribution is 0.0977. The van der Waals surface area contributed by atoms with Gasteiger partial charge in [-0.25, -0.2) is 4.39 Å². The molecule has 0 saturated heterocycles. The molecule has 0 saturated carbocycles. The average molecular weight is 422 g/mol. The Balaban J connectivity index is 1.78. The summed E-state index contributed by atoms with van der Waals surface area (Å²) in [7, 11) is 0. The highest BCUT2D eigenvalue weighted by molar-refractivity contribution is 6.10. The van der Waals surface area contributed by atoms with Gasteiger partial charge in [0.1, 0.15) is 5.82 Å². The summed E-state index contributed by atoms with van der Waals surface area (Å²) >= 11 is 0. The number of amides is 1. The summed E-state index contributed by atoms with van der Waals surface area (Å²) in [6.45, 7) is 9.33. The lowest BCUT2D eigenvalue weighted by Crippen LogP contribution is -2.36. The van der Waals surface area contributed by atoms with E-state index < -0.39 is 0 Å². The molecular weight excluding hydrogens is 393 g/mol. The Morgan fingerprint density at radius 2 is 1.87 bits per heavy atom. The highest BCUT2D eigenvalue weighted by Gasteiger charge is 2.12. The maximum absolute atomic E-state index is 13.3. The zero-order valence-electron chi connectivity index (χ0n) is 18.4. The number of aromatic nitrogens is 2. The Morgan fingerprint density at radius 3 is 2.52 bits per heavy atom. The van der Waals surface area contributed by atoms with E-state index in [-0.39, 0.29) is 11.7 Å². The molecule has 1 amide bonds. The van der Waals surface area contributed by atoms with E-state index in [0.717, 1.165) is 29.1 Å². The Bertz CT molecular complexity index is 1090. The molecule has 0 aliphatic rings. The number of aryl methyl sites for hydroxylation is 3. The molecule has 0 aliphatic heterocycles. The van der Waals surface area contributed by atoms with E-state index in [0.29, 0.717) is 30.2 Å². The molecule has 2 aromatic carbocycles. The fourth-order valence-corrected chi connectivity index (χ4v) is 3.43. The average Bonchev–Trinajstić information content (AvgIpc) is 3.02. The zero-order valence-corrected chi connectivity index (χ0v) is 18.4. The maximum atomic E-state index is 13.3. The number of aliphatic imine (C=N–C) groups is 1. The van der Waals surface area contributed by atoms with E-state index in [4.69, 9.17) is 0 Å². The first-order chi connectivity index (χ1) is 14.9. The third-order valence-corrected chi connectivity index (χ3v) is 5.08. The van der Waals surface area contributed by atoms with Gasteiger partial charge in [0.05, 0.1) is 5.69 Å². The van der Waals surface area contributed by atoms with Crippen molar-refractivity contribution in [2.24, 2.45) is 4.99 Å². The van der Waals surface area contributed by atoms with Gasteiger partial charge in [0, 0.05) is 30.0 Å². The predicted molar refractivity (Wildman–Crippen MR) is 122 cm³/mol. The molecule has 3 aromatic rings. The van der Waals surface area contributed by atoms with Gasteiger partial charge in [-0.05, 0) is 76.1 Å². The van der Waals surface area contributed by atoms with Crippen LogP contribution in [0.25, 0.3) is 0 Å². The van der Waals surface area contributed by atoms with Crippen LogP contribution in [0.15, 0.2) is 53.5 Å². The second kappa shape index (κ2) is 10.0. The smallest absolute Gasteiger partial charge is 0.257 e. The van der Waals surface area contributed by atoms with Crippen LogP contribution in [-0.2, 0) is 13.0 Å². The first-order valence-electron chi connectivity index (χ1n) is 10.3. The van der Waals surface area contributed by atoms with Crippen molar-refractivity contribution in [3.63, 3.8) is 0 Å². The van der Waals surface area contributed by atoms with Crippen LogP contribution in [0.1, 0.15) is 39.8 Å². The minimum Gasteiger partial charge on any atom is -0.326 e. The van der Waals surface area contributed by atoms with Crippen molar-refractivity contribution in [1.29, 1.82) is 0 Å². The van der Waals surface area contributed by atoms with Crippen LogP contribution in [0.2, 0.25) is 0 Å². The van der Waals surface area contributed by atoms with Crippen molar-refractivity contribution in [2.75, 3.05) is 11.9 Å². The molecule has 0 unspecified atom stereocenters. The summed E-state index contributed by atoms with van der Waals surface area (Å²) in [5.74, 6) is -0.272. The van der Waals surface area contributed by atoms with Gasteiger partial charge < -0.3 is 5.32 Å².